The summed E-state index contributed by atoms with van der Waals surface area (Å²) in [4.78, 5) is 21.7. The highest BCUT2D eigenvalue weighted by molar-refractivity contribution is 5.73. The van der Waals surface area contributed by atoms with Crippen molar-refractivity contribution in [3.63, 3.8) is 0 Å². The zero-order chi connectivity index (χ0) is 15.3. The molecule has 0 aliphatic rings. The van der Waals surface area contributed by atoms with Crippen molar-refractivity contribution in [3.05, 3.63) is 0 Å². The van der Waals surface area contributed by atoms with Crippen LogP contribution in [0.5, 0.6) is 0 Å². The van der Waals surface area contributed by atoms with Crippen LogP contribution >= 0.6 is 0 Å². The van der Waals surface area contributed by atoms with Gasteiger partial charge in [0.2, 0.25) is 0 Å². The Kier molecular flexibility index (Phi) is 3.87. The summed E-state index contributed by atoms with van der Waals surface area (Å²) in [6.07, 6.45) is -0.950. The molecule has 6 N–H and O–H groups in total. The minimum atomic E-state index is -2.88. The smallest absolute Gasteiger partial charge is 0.320 e. The van der Waals surface area contributed by atoms with Crippen LogP contribution in [0.25, 0.3) is 0 Å². The van der Waals surface area contributed by atoms with Crippen LogP contribution in [-0.4, -0.2) is 34.7 Å². The van der Waals surface area contributed by atoms with Crippen molar-refractivity contribution >= 4 is 11.9 Å². The molecule has 88 valence electrons. The lowest BCUT2D eigenvalue weighted by atomic mass is 9.90. The summed E-state index contributed by atoms with van der Waals surface area (Å²) >= 11 is 0. The predicted molar refractivity (Wildman–Crippen MR) is 54.3 cm³/mol. The van der Waals surface area contributed by atoms with E-state index in [2.05, 4.69) is 0 Å². The number of carboxylic acids is 2. The molecular formula is C9H18N2O4. The molecule has 0 aromatic heterocycles. The van der Waals surface area contributed by atoms with Gasteiger partial charge in [-0.25, -0.2) is 0 Å². The third-order valence-electron chi connectivity index (χ3n) is 1.86. The Morgan fingerprint density at radius 2 is 2.07 bits per heavy atom. The lowest BCUT2D eigenvalue weighted by Crippen LogP contribution is -2.38. The van der Waals surface area contributed by atoms with Crippen LogP contribution in [0.1, 0.15) is 28.4 Å². The highest BCUT2D eigenvalue weighted by Gasteiger charge is 2.24. The number of carbonyl (C=O) groups is 2. The van der Waals surface area contributed by atoms with Gasteiger partial charge >= 0.3 is 11.9 Å². The van der Waals surface area contributed by atoms with Crippen LogP contribution < -0.4 is 11.5 Å². The Morgan fingerprint density at radius 1 is 1.40 bits per heavy atom. The van der Waals surface area contributed by atoms with Gasteiger partial charge in [0.25, 0.3) is 0 Å². The van der Waals surface area contributed by atoms with Gasteiger partial charge in [-0.15, -0.1) is 0 Å². The maximum atomic E-state index is 11.1. The first kappa shape index (κ1) is 8.06. The van der Waals surface area contributed by atoms with E-state index in [0.717, 1.165) is 0 Å². The molecule has 0 aliphatic heterocycles. The highest BCUT2D eigenvalue weighted by atomic mass is 16.4. The monoisotopic (exact) mass is 222 g/mol. The van der Waals surface area contributed by atoms with Crippen molar-refractivity contribution in [2.24, 2.45) is 17.3 Å². The van der Waals surface area contributed by atoms with E-state index >= 15 is 0 Å². The average Bonchev–Trinajstić information content (AvgIpc) is 2.32. The zero-order valence-corrected chi connectivity index (χ0v) is 8.27. The van der Waals surface area contributed by atoms with Gasteiger partial charge in [0, 0.05) is 7.79 Å². The lowest BCUT2D eigenvalue weighted by molar-refractivity contribution is -0.141. The van der Waals surface area contributed by atoms with Crippen LogP contribution in [-0.2, 0) is 9.59 Å². The summed E-state index contributed by atoms with van der Waals surface area (Å²) in [7, 11) is 0. The van der Waals surface area contributed by atoms with Crippen LogP contribution in [0.2, 0.25) is 2.82 Å². The fourth-order valence-corrected chi connectivity index (χ4v) is 1.09. The third-order valence-corrected chi connectivity index (χ3v) is 1.86. The Bertz CT molecular complexity index is 344. The van der Waals surface area contributed by atoms with Gasteiger partial charge in [-0.05, 0) is 31.7 Å². The van der Waals surface area contributed by atoms with Crippen molar-refractivity contribution in [1.29, 1.82) is 0 Å². The van der Waals surface area contributed by atoms with E-state index in [1.54, 1.807) is 0 Å². The minimum absolute atomic E-state index is 0.138. The fourth-order valence-electron chi connectivity index (χ4n) is 1.09. The number of rotatable bonds is 9. The molecule has 0 saturated carbocycles. The molecule has 0 aromatic rings. The first-order valence-corrected chi connectivity index (χ1v) is 4.55. The molecule has 0 fully saturated rings. The maximum Gasteiger partial charge on any atom is 0.320 e. The standard InChI is InChI=1S/C9H18N2O4/c10-5-1-2-6(3-4-7(12)13)8(11)9(14)15/h6,8H,1-5,10-11H2,(H,12,13)(H,14,15)/t6?,8-/m0/s1/i6D,8D/hD2. The summed E-state index contributed by atoms with van der Waals surface area (Å²) in [5.41, 5.74) is 4.90. The van der Waals surface area contributed by atoms with Crippen LogP contribution in [0, 0.1) is 5.89 Å². The van der Waals surface area contributed by atoms with E-state index in [9.17, 15) is 9.59 Å². The molecule has 0 bridgehead atoms. The number of nitrogens with two attached hydrogens (primary N) is 2. The number of carboxylic acid groups (broad SMARTS) is 2. The highest BCUT2D eigenvalue weighted by Crippen LogP contribution is 2.16. The van der Waals surface area contributed by atoms with Gasteiger partial charge in [0.15, 0.2) is 0 Å². The molecule has 0 spiro atoms. The zero-order valence-electron chi connectivity index (χ0n) is 12.3. The van der Waals surface area contributed by atoms with E-state index in [1.165, 1.54) is 0 Å². The van der Waals surface area contributed by atoms with Crippen molar-refractivity contribution in [2.45, 2.75) is 31.7 Å². The summed E-state index contributed by atoms with van der Waals surface area (Å²) in [5.74, 6) is -5.19. The molecule has 0 heterocycles. The van der Waals surface area contributed by atoms with Crippen molar-refractivity contribution in [1.82, 2.24) is 0 Å². The SMILES string of the molecule is [2H]N([2H])[C@]([2H])(C(=O)O)C([2H])(CCCN)CCC(=O)O. The first-order valence-electron chi connectivity index (χ1n) is 6.44. The number of aliphatic carboxylic acids is 2. The molecule has 0 aromatic carbocycles. The second kappa shape index (κ2) is 7.19. The average molecular weight is 222 g/mol. The second-order valence-corrected chi connectivity index (χ2v) is 3.04. The van der Waals surface area contributed by atoms with Gasteiger partial charge in [-0.2, -0.15) is 0 Å². The molecule has 0 rings (SSSR count). The van der Waals surface area contributed by atoms with Gasteiger partial charge in [-0.3, -0.25) is 9.59 Å². The number of hydrogen-bond acceptors (Lipinski definition) is 4. The van der Waals surface area contributed by atoms with E-state index in [4.69, 9.17) is 21.5 Å². The third kappa shape index (κ3) is 6.03. The van der Waals surface area contributed by atoms with E-state index in [1.807, 2.05) is 0 Å². The Hall–Kier alpha value is -1.14. The molecule has 15 heavy (non-hydrogen) atoms. The minimum Gasteiger partial charge on any atom is -0.481 e. The molecule has 6 nitrogen and oxygen atoms in total. The summed E-state index contributed by atoms with van der Waals surface area (Å²) in [6, 6.07) is -2.88. The fraction of sp³-hybridized carbons (Fsp3) is 0.778. The Balaban J connectivity index is 5.39. The topological polar surface area (TPSA) is 127 Å². The van der Waals surface area contributed by atoms with Crippen molar-refractivity contribution in [3.8, 4) is 0 Å². The lowest BCUT2D eigenvalue weighted by Gasteiger charge is -2.19. The normalized spacial score (nSPS) is 22.8. The van der Waals surface area contributed by atoms with E-state index in [-0.39, 0.29) is 25.1 Å². The first-order chi connectivity index (χ1) is 8.61. The summed E-state index contributed by atoms with van der Waals surface area (Å²) in [5, 5.41) is 17.7. The van der Waals surface area contributed by atoms with Gasteiger partial charge < -0.3 is 21.7 Å². The van der Waals surface area contributed by atoms with Gasteiger partial charge in [-0.1, -0.05) is 0 Å². The van der Waals surface area contributed by atoms with E-state index in [0.29, 0.717) is 0 Å². The Morgan fingerprint density at radius 3 is 2.47 bits per heavy atom. The quantitative estimate of drug-likeness (QED) is 0.421. The van der Waals surface area contributed by atoms with Crippen molar-refractivity contribution < 1.29 is 25.4 Å². The molecule has 1 unspecified atom stereocenters. The predicted octanol–water partition coefficient (Wildman–Crippen LogP) is -0.382. The van der Waals surface area contributed by atoms with Gasteiger partial charge in [0.1, 0.15) is 8.84 Å². The second-order valence-electron chi connectivity index (χ2n) is 3.04. The maximum absolute atomic E-state index is 11.1. The summed E-state index contributed by atoms with van der Waals surface area (Å²) < 4.78 is 29.9. The van der Waals surface area contributed by atoms with Crippen LogP contribution in [0.3, 0.4) is 0 Å². The van der Waals surface area contributed by atoms with Gasteiger partial charge in [0.05, 0.1) is 1.37 Å². The summed E-state index contributed by atoms with van der Waals surface area (Å²) in [6.45, 7) is 0.138. The molecule has 0 amide bonds. The van der Waals surface area contributed by atoms with Crippen molar-refractivity contribution in [2.75, 3.05) is 6.54 Å². The molecular weight excluding hydrogens is 200 g/mol. The number of hydrogen-bond donors (Lipinski definition) is 4. The molecule has 2 atom stereocenters. The van der Waals surface area contributed by atoms with Crippen LogP contribution in [0.15, 0.2) is 0 Å². The Labute approximate surface area is 94.0 Å². The van der Waals surface area contributed by atoms with E-state index < -0.39 is 36.7 Å². The largest absolute Gasteiger partial charge is 0.481 e. The molecule has 0 aliphatic carbocycles. The van der Waals surface area contributed by atoms with Crippen LogP contribution in [0.4, 0.5) is 0 Å². The molecule has 0 saturated heterocycles. The molecule has 6 heteroatoms. The molecule has 0 radical (unpaired) electrons.